The van der Waals surface area contributed by atoms with Crippen molar-refractivity contribution in [2.45, 2.75) is 19.1 Å². The average molecular weight is 409 g/mol. The van der Waals surface area contributed by atoms with Gasteiger partial charge in [-0.3, -0.25) is 19.4 Å². The number of ketones is 1. The minimum absolute atomic E-state index is 0.0193. The summed E-state index contributed by atoms with van der Waals surface area (Å²) in [7, 11) is -4.62. The molecule has 28 heavy (non-hydrogen) atoms. The Morgan fingerprint density at radius 1 is 1.04 bits per heavy atom. The molecule has 150 valence electrons. The molecule has 1 amide bonds. The summed E-state index contributed by atoms with van der Waals surface area (Å²) in [6.07, 6.45) is -1.16. The van der Waals surface area contributed by atoms with Crippen LogP contribution >= 0.6 is 7.82 Å². The summed E-state index contributed by atoms with van der Waals surface area (Å²) < 4.78 is 15.3. The van der Waals surface area contributed by atoms with E-state index in [1.54, 1.807) is 24.3 Å². The van der Waals surface area contributed by atoms with Crippen LogP contribution in [-0.2, 0) is 9.36 Å². The van der Waals surface area contributed by atoms with Crippen molar-refractivity contribution in [2.75, 3.05) is 6.61 Å². The lowest BCUT2D eigenvalue weighted by atomic mass is 10.0. The number of aliphatic hydroxyl groups is 2. The van der Waals surface area contributed by atoms with E-state index in [1.165, 1.54) is 31.2 Å². The summed E-state index contributed by atoms with van der Waals surface area (Å²) in [4.78, 5) is 41.4. The second-order valence-electron chi connectivity index (χ2n) is 6.00. The number of nitrogens with one attached hydrogen (secondary N) is 1. The summed E-state index contributed by atoms with van der Waals surface area (Å²) in [5.41, 5.74) is 1.71. The van der Waals surface area contributed by atoms with Gasteiger partial charge in [0.05, 0.1) is 6.10 Å². The molecule has 0 aliphatic carbocycles. The summed E-state index contributed by atoms with van der Waals surface area (Å²) >= 11 is 0. The number of phosphoric acid groups is 1. The normalized spacial score (nSPS) is 13.5. The molecule has 9 nitrogen and oxygen atoms in total. The molecular weight excluding hydrogens is 389 g/mol. The molecule has 2 atom stereocenters. The molecular formula is C18H20NO8P. The average Bonchev–Trinajstić information content (AvgIpc) is 2.64. The fourth-order valence-corrected chi connectivity index (χ4v) is 2.85. The number of amides is 1. The van der Waals surface area contributed by atoms with Crippen LogP contribution in [0.15, 0.2) is 48.5 Å². The summed E-state index contributed by atoms with van der Waals surface area (Å²) in [6, 6.07) is 11.1. The van der Waals surface area contributed by atoms with Gasteiger partial charge in [-0.15, -0.1) is 0 Å². The quantitative estimate of drug-likeness (QED) is 0.403. The summed E-state index contributed by atoms with van der Waals surface area (Å²) in [5, 5.41) is 20.9. The number of carbonyl (C=O) groups excluding carboxylic acids is 2. The predicted molar refractivity (Wildman–Crippen MR) is 99.6 cm³/mol. The lowest BCUT2D eigenvalue weighted by molar-refractivity contribution is -0.125. The first-order chi connectivity index (χ1) is 13.1. The van der Waals surface area contributed by atoms with Crippen molar-refractivity contribution in [1.29, 1.82) is 0 Å². The van der Waals surface area contributed by atoms with Crippen molar-refractivity contribution in [1.82, 2.24) is 5.32 Å². The highest BCUT2D eigenvalue weighted by Gasteiger charge is 2.25. The van der Waals surface area contributed by atoms with Crippen molar-refractivity contribution < 1.29 is 38.7 Å². The van der Waals surface area contributed by atoms with E-state index in [-0.39, 0.29) is 11.3 Å². The maximum atomic E-state index is 12.3. The van der Waals surface area contributed by atoms with E-state index in [4.69, 9.17) is 14.9 Å². The molecule has 0 saturated heterocycles. The number of rotatable bonds is 8. The SMILES string of the molecule is C[C@@H](O)[C@H](NC(=O)c1ccc(-c2ccc(OP(=O)(O)O)cc2)cc1)C(=O)CO. The third-order valence-electron chi connectivity index (χ3n) is 3.83. The molecule has 10 heteroatoms. The van der Waals surface area contributed by atoms with E-state index in [0.717, 1.165) is 11.1 Å². The van der Waals surface area contributed by atoms with Gasteiger partial charge in [0.25, 0.3) is 5.91 Å². The van der Waals surface area contributed by atoms with Crippen molar-refractivity contribution in [3.8, 4) is 16.9 Å². The Labute approximate surface area is 160 Å². The molecule has 0 unspecified atom stereocenters. The number of aliphatic hydroxyl groups excluding tert-OH is 2. The van der Waals surface area contributed by atoms with Crippen molar-refractivity contribution in [3.05, 3.63) is 54.1 Å². The molecule has 0 radical (unpaired) electrons. The standard InChI is InChI=1S/C18H20NO8P/c1-11(21)17(16(22)10-20)19-18(23)14-4-2-12(3-5-14)13-6-8-15(9-7-13)27-28(24,25)26/h2-9,11,17,20-21H,10H2,1H3,(H,19,23)(H2,24,25,26)/t11-,17+/m1/s1. The number of phosphoric ester groups is 1. The van der Waals surface area contributed by atoms with E-state index >= 15 is 0 Å². The number of benzene rings is 2. The van der Waals surface area contributed by atoms with Crippen LogP contribution in [0.4, 0.5) is 0 Å². The van der Waals surface area contributed by atoms with Crippen molar-refractivity contribution >= 4 is 19.5 Å². The van der Waals surface area contributed by atoms with E-state index in [2.05, 4.69) is 9.84 Å². The van der Waals surface area contributed by atoms with Gasteiger partial charge in [0.15, 0.2) is 5.78 Å². The second kappa shape index (κ2) is 9.09. The molecule has 0 bridgehead atoms. The molecule has 0 fully saturated rings. The monoisotopic (exact) mass is 409 g/mol. The van der Waals surface area contributed by atoms with E-state index in [9.17, 15) is 19.3 Å². The molecule has 2 aromatic carbocycles. The zero-order valence-electron chi connectivity index (χ0n) is 14.8. The van der Waals surface area contributed by atoms with Crippen LogP contribution in [0.3, 0.4) is 0 Å². The van der Waals surface area contributed by atoms with Crippen LogP contribution in [0.2, 0.25) is 0 Å². The maximum Gasteiger partial charge on any atom is 0.524 e. The van der Waals surface area contributed by atoms with Crippen LogP contribution in [0.1, 0.15) is 17.3 Å². The zero-order valence-corrected chi connectivity index (χ0v) is 15.7. The molecule has 0 aliphatic heterocycles. The van der Waals surface area contributed by atoms with Crippen molar-refractivity contribution in [2.24, 2.45) is 0 Å². The van der Waals surface area contributed by atoms with E-state index < -0.39 is 38.3 Å². The molecule has 0 aromatic heterocycles. The van der Waals surface area contributed by atoms with Crippen molar-refractivity contribution in [3.63, 3.8) is 0 Å². The Morgan fingerprint density at radius 3 is 1.96 bits per heavy atom. The Hall–Kier alpha value is -2.55. The first kappa shape index (κ1) is 21.7. The maximum absolute atomic E-state index is 12.3. The molecule has 5 N–H and O–H groups in total. The highest BCUT2D eigenvalue weighted by molar-refractivity contribution is 7.46. The third kappa shape index (κ3) is 5.98. The largest absolute Gasteiger partial charge is 0.524 e. The van der Waals surface area contributed by atoms with Gasteiger partial charge in [0, 0.05) is 5.56 Å². The number of carbonyl (C=O) groups is 2. The lowest BCUT2D eigenvalue weighted by Gasteiger charge is -2.19. The topological polar surface area (TPSA) is 153 Å². The van der Waals surface area contributed by atoms with Gasteiger partial charge in [-0.05, 0) is 42.3 Å². The molecule has 2 aromatic rings. The van der Waals surface area contributed by atoms with Gasteiger partial charge < -0.3 is 20.1 Å². The highest BCUT2D eigenvalue weighted by atomic mass is 31.2. The molecule has 0 saturated carbocycles. The van der Waals surface area contributed by atoms with E-state index in [1.807, 2.05) is 0 Å². The Balaban J connectivity index is 2.11. The molecule has 0 aliphatic rings. The minimum Gasteiger partial charge on any atom is -0.404 e. The fourth-order valence-electron chi connectivity index (χ4n) is 2.45. The Bertz CT molecular complexity index is 873. The smallest absolute Gasteiger partial charge is 0.404 e. The van der Waals surface area contributed by atoms with Crippen LogP contribution in [0.25, 0.3) is 11.1 Å². The molecule has 0 heterocycles. The van der Waals surface area contributed by atoms with Gasteiger partial charge >= 0.3 is 7.82 Å². The van der Waals surface area contributed by atoms with Crippen LogP contribution in [0.5, 0.6) is 5.75 Å². The zero-order chi connectivity index (χ0) is 20.9. The lowest BCUT2D eigenvalue weighted by Crippen LogP contribution is -2.48. The van der Waals surface area contributed by atoms with Gasteiger partial charge in [-0.1, -0.05) is 24.3 Å². The fraction of sp³-hybridized carbons (Fsp3) is 0.222. The molecule has 0 spiro atoms. The predicted octanol–water partition coefficient (Wildman–Crippen LogP) is 0.866. The van der Waals surface area contributed by atoms with Crippen LogP contribution < -0.4 is 9.84 Å². The summed E-state index contributed by atoms with van der Waals surface area (Å²) in [5.74, 6) is -1.26. The van der Waals surface area contributed by atoms with Crippen LogP contribution in [0, 0.1) is 0 Å². The van der Waals surface area contributed by atoms with Crippen LogP contribution in [-0.4, -0.2) is 50.4 Å². The number of hydrogen-bond donors (Lipinski definition) is 5. The first-order valence-corrected chi connectivity index (χ1v) is 9.72. The van der Waals surface area contributed by atoms with Gasteiger partial charge in [0.1, 0.15) is 18.4 Å². The Morgan fingerprint density at radius 2 is 1.54 bits per heavy atom. The number of hydrogen-bond acceptors (Lipinski definition) is 6. The van der Waals surface area contributed by atoms with Gasteiger partial charge in [0.2, 0.25) is 0 Å². The Kier molecular flexibility index (Phi) is 7.06. The summed E-state index contributed by atoms with van der Waals surface area (Å²) in [6.45, 7) is 0.540. The second-order valence-corrected chi connectivity index (χ2v) is 7.16. The number of Topliss-reactive ketones (excluding diaryl/α,β-unsaturated/α-hetero) is 1. The third-order valence-corrected chi connectivity index (χ3v) is 4.28. The molecule has 2 rings (SSSR count). The van der Waals surface area contributed by atoms with E-state index in [0.29, 0.717) is 0 Å². The highest BCUT2D eigenvalue weighted by Crippen LogP contribution is 2.38. The first-order valence-electron chi connectivity index (χ1n) is 8.19. The van der Waals surface area contributed by atoms with Gasteiger partial charge in [-0.2, -0.15) is 0 Å². The van der Waals surface area contributed by atoms with Gasteiger partial charge in [-0.25, -0.2) is 4.57 Å². The minimum atomic E-state index is -4.62.